The Morgan fingerprint density at radius 3 is 2.93 bits per heavy atom. The monoisotopic (exact) mass is 193 g/mol. The third-order valence-electron chi connectivity index (χ3n) is 1.42. The van der Waals surface area contributed by atoms with Gasteiger partial charge in [0, 0.05) is 12.4 Å². The first kappa shape index (κ1) is 10.1. The Kier molecular flexibility index (Phi) is 3.55. The molecule has 1 aromatic heterocycles. The average Bonchev–Trinajstić information content (AvgIpc) is 2.19. The van der Waals surface area contributed by atoms with Gasteiger partial charge in [0.05, 0.1) is 0 Å². The molecule has 0 aliphatic rings. The number of aromatic nitrogens is 1. The van der Waals surface area contributed by atoms with Gasteiger partial charge in [-0.05, 0) is 17.7 Å². The fourth-order valence-corrected chi connectivity index (χ4v) is 0.790. The second-order valence-corrected chi connectivity index (χ2v) is 2.47. The lowest BCUT2D eigenvalue weighted by Crippen LogP contribution is -1.93. The summed E-state index contributed by atoms with van der Waals surface area (Å²) >= 11 is 0. The molecule has 0 bridgehead atoms. The Hall–Kier alpha value is -1.97. The molecule has 0 aromatic carbocycles. The summed E-state index contributed by atoms with van der Waals surface area (Å²) in [5, 5.41) is 8.19. The summed E-state index contributed by atoms with van der Waals surface area (Å²) in [6.45, 7) is 0. The highest BCUT2D eigenvalue weighted by Gasteiger charge is 2.01. The van der Waals surface area contributed by atoms with Gasteiger partial charge in [0.15, 0.2) is 0 Å². The zero-order valence-electron chi connectivity index (χ0n) is 7.22. The molecule has 0 fully saturated rings. The number of nitrogens with zero attached hydrogens (tertiary/aromatic N) is 1. The number of hydrogen-bond donors (Lipinski definition) is 1. The summed E-state index contributed by atoms with van der Waals surface area (Å²) in [5.41, 5.74) is 0.780. The van der Waals surface area contributed by atoms with Gasteiger partial charge < -0.3 is 5.11 Å². The molecule has 1 aromatic rings. The fraction of sp³-hybridized carbons (Fsp3) is 0. The lowest BCUT2D eigenvalue weighted by Gasteiger charge is -1.88. The molecule has 4 heteroatoms. The molecule has 0 unspecified atom stereocenters. The molecule has 14 heavy (non-hydrogen) atoms. The van der Waals surface area contributed by atoms with Crippen LogP contribution in [0.15, 0.2) is 42.5 Å². The zero-order chi connectivity index (χ0) is 10.4. The van der Waals surface area contributed by atoms with E-state index in [0.717, 1.165) is 11.6 Å². The van der Waals surface area contributed by atoms with Gasteiger partial charge in [0.2, 0.25) is 5.83 Å². The molecule has 1 heterocycles. The first-order valence-corrected chi connectivity index (χ1v) is 3.87. The molecule has 0 aliphatic carbocycles. The van der Waals surface area contributed by atoms with E-state index in [9.17, 15) is 9.18 Å². The molecular formula is C10H8FNO2. The van der Waals surface area contributed by atoms with E-state index >= 15 is 0 Å². The topological polar surface area (TPSA) is 50.2 Å². The van der Waals surface area contributed by atoms with Crippen LogP contribution in [0.25, 0.3) is 6.08 Å². The third-order valence-corrected chi connectivity index (χ3v) is 1.42. The van der Waals surface area contributed by atoms with Crippen LogP contribution in [0, 0.1) is 0 Å². The molecule has 0 aliphatic heterocycles. The number of pyridine rings is 1. The van der Waals surface area contributed by atoms with Crippen LogP contribution in [0.2, 0.25) is 0 Å². The van der Waals surface area contributed by atoms with E-state index in [0.29, 0.717) is 0 Å². The van der Waals surface area contributed by atoms with E-state index in [4.69, 9.17) is 5.11 Å². The lowest BCUT2D eigenvalue weighted by molar-refractivity contribution is -0.134. The molecule has 0 atom stereocenters. The van der Waals surface area contributed by atoms with Gasteiger partial charge in [0.1, 0.15) is 0 Å². The van der Waals surface area contributed by atoms with Crippen LogP contribution in [-0.2, 0) is 4.79 Å². The Morgan fingerprint density at radius 1 is 1.57 bits per heavy atom. The Balaban J connectivity index is 2.66. The quantitative estimate of drug-likeness (QED) is 0.590. The SMILES string of the molecule is O=C(O)/C(F)=C\C=C\c1cccnc1. The normalized spacial score (nSPS) is 11.9. The molecule has 1 rings (SSSR count). The van der Waals surface area contributed by atoms with Crippen molar-refractivity contribution in [2.75, 3.05) is 0 Å². The maximum atomic E-state index is 12.4. The van der Waals surface area contributed by atoms with Crippen LogP contribution < -0.4 is 0 Å². The van der Waals surface area contributed by atoms with Crippen molar-refractivity contribution >= 4 is 12.0 Å². The minimum absolute atomic E-state index is 0.780. The predicted octanol–water partition coefficient (Wildman–Crippen LogP) is 2.03. The molecule has 0 saturated heterocycles. The molecule has 0 saturated carbocycles. The number of aliphatic carboxylic acids is 1. The number of halogens is 1. The van der Waals surface area contributed by atoms with Crippen molar-refractivity contribution in [1.29, 1.82) is 0 Å². The minimum Gasteiger partial charge on any atom is -0.476 e. The van der Waals surface area contributed by atoms with Crippen molar-refractivity contribution in [3.8, 4) is 0 Å². The van der Waals surface area contributed by atoms with Crippen LogP contribution in [0.5, 0.6) is 0 Å². The summed E-state index contributed by atoms with van der Waals surface area (Å²) < 4.78 is 12.4. The van der Waals surface area contributed by atoms with Crippen LogP contribution >= 0.6 is 0 Å². The molecule has 3 nitrogen and oxygen atoms in total. The van der Waals surface area contributed by atoms with Crippen LogP contribution in [0.4, 0.5) is 4.39 Å². The van der Waals surface area contributed by atoms with E-state index in [1.54, 1.807) is 30.6 Å². The van der Waals surface area contributed by atoms with Crippen molar-refractivity contribution in [1.82, 2.24) is 4.98 Å². The maximum Gasteiger partial charge on any atom is 0.364 e. The zero-order valence-corrected chi connectivity index (χ0v) is 7.22. The molecule has 1 N–H and O–H groups in total. The van der Waals surface area contributed by atoms with Gasteiger partial charge in [-0.2, -0.15) is 4.39 Å². The van der Waals surface area contributed by atoms with Gasteiger partial charge in [-0.25, -0.2) is 4.79 Å². The van der Waals surface area contributed by atoms with E-state index in [1.807, 2.05) is 0 Å². The van der Waals surface area contributed by atoms with Crippen molar-refractivity contribution in [2.24, 2.45) is 0 Å². The first-order valence-electron chi connectivity index (χ1n) is 3.87. The molecule has 0 spiro atoms. The van der Waals surface area contributed by atoms with Gasteiger partial charge in [-0.3, -0.25) is 4.98 Å². The number of carboxylic acid groups (broad SMARTS) is 1. The van der Waals surface area contributed by atoms with E-state index in [1.165, 1.54) is 6.08 Å². The minimum atomic E-state index is -1.57. The van der Waals surface area contributed by atoms with E-state index in [2.05, 4.69) is 4.98 Å². The standard InChI is InChI=1S/C10H8FNO2/c11-9(10(13)14)5-1-3-8-4-2-6-12-7-8/h1-7H,(H,13,14)/b3-1+,9-5+. The van der Waals surface area contributed by atoms with Crippen molar-refractivity contribution in [3.05, 3.63) is 48.1 Å². The number of allylic oxidation sites excluding steroid dienone is 2. The molecular weight excluding hydrogens is 185 g/mol. The van der Waals surface area contributed by atoms with Gasteiger partial charge >= 0.3 is 5.97 Å². The number of carbonyl (C=O) groups is 1. The van der Waals surface area contributed by atoms with Crippen molar-refractivity contribution < 1.29 is 14.3 Å². The average molecular weight is 193 g/mol. The van der Waals surface area contributed by atoms with E-state index < -0.39 is 11.8 Å². The molecule has 72 valence electrons. The van der Waals surface area contributed by atoms with Crippen molar-refractivity contribution in [3.63, 3.8) is 0 Å². The maximum absolute atomic E-state index is 12.4. The smallest absolute Gasteiger partial charge is 0.364 e. The lowest BCUT2D eigenvalue weighted by atomic mass is 10.2. The number of hydrogen-bond acceptors (Lipinski definition) is 2. The Labute approximate surface area is 80.2 Å². The van der Waals surface area contributed by atoms with Crippen molar-refractivity contribution in [2.45, 2.75) is 0 Å². The summed E-state index contributed by atoms with van der Waals surface area (Å²) in [6.07, 6.45) is 6.97. The summed E-state index contributed by atoms with van der Waals surface area (Å²) in [5.74, 6) is -2.76. The third kappa shape index (κ3) is 3.18. The summed E-state index contributed by atoms with van der Waals surface area (Å²) in [7, 11) is 0. The largest absolute Gasteiger partial charge is 0.476 e. The highest BCUT2D eigenvalue weighted by atomic mass is 19.1. The summed E-state index contributed by atoms with van der Waals surface area (Å²) in [4.78, 5) is 13.9. The Morgan fingerprint density at radius 2 is 2.36 bits per heavy atom. The van der Waals surface area contributed by atoms with Crippen LogP contribution in [-0.4, -0.2) is 16.1 Å². The van der Waals surface area contributed by atoms with Gasteiger partial charge in [0.25, 0.3) is 0 Å². The van der Waals surface area contributed by atoms with Crippen LogP contribution in [0.3, 0.4) is 0 Å². The van der Waals surface area contributed by atoms with Crippen LogP contribution in [0.1, 0.15) is 5.56 Å². The summed E-state index contributed by atoms with van der Waals surface area (Å²) in [6, 6.07) is 3.51. The number of rotatable bonds is 3. The predicted molar refractivity (Wildman–Crippen MR) is 50.1 cm³/mol. The first-order chi connectivity index (χ1) is 6.70. The second kappa shape index (κ2) is 4.91. The molecule has 0 radical (unpaired) electrons. The fourth-order valence-electron chi connectivity index (χ4n) is 0.790. The van der Waals surface area contributed by atoms with Gasteiger partial charge in [-0.1, -0.05) is 18.2 Å². The van der Waals surface area contributed by atoms with E-state index in [-0.39, 0.29) is 0 Å². The highest BCUT2D eigenvalue weighted by Crippen LogP contribution is 2.01. The second-order valence-electron chi connectivity index (χ2n) is 2.47. The molecule has 0 amide bonds. The van der Waals surface area contributed by atoms with Gasteiger partial charge in [-0.15, -0.1) is 0 Å². The highest BCUT2D eigenvalue weighted by molar-refractivity contribution is 5.84. The number of carboxylic acids is 1. The Bertz CT molecular complexity index is 371.